The Morgan fingerprint density at radius 3 is 2.75 bits per heavy atom. The zero-order valence-corrected chi connectivity index (χ0v) is 17.5. The maximum atomic E-state index is 9.35. The molecule has 0 saturated heterocycles. The molecule has 0 aromatic carbocycles. The number of hydrogen-bond acceptors (Lipinski definition) is 7. The van der Waals surface area contributed by atoms with Crippen molar-refractivity contribution in [3.8, 4) is 34.8 Å². The maximum Gasteiger partial charge on any atom is 0.124 e. The second-order valence-corrected chi connectivity index (χ2v) is 8.29. The summed E-state index contributed by atoms with van der Waals surface area (Å²) in [6.07, 6.45) is 5.20. The first-order valence-corrected chi connectivity index (χ1v) is 10.3. The third kappa shape index (κ3) is 3.23. The van der Waals surface area contributed by atoms with Crippen molar-refractivity contribution >= 4 is 16.7 Å². The van der Waals surface area contributed by atoms with Crippen molar-refractivity contribution in [3.05, 3.63) is 54.5 Å². The van der Waals surface area contributed by atoms with Gasteiger partial charge in [-0.25, -0.2) is 9.97 Å². The fourth-order valence-corrected chi connectivity index (χ4v) is 4.48. The van der Waals surface area contributed by atoms with Crippen LogP contribution in [0.1, 0.15) is 25.0 Å². The van der Waals surface area contributed by atoms with Gasteiger partial charge in [-0.05, 0) is 56.2 Å². The topological polar surface area (TPSA) is 130 Å². The van der Waals surface area contributed by atoms with Crippen LogP contribution in [0.5, 0.6) is 0 Å². The molecule has 4 aromatic heterocycles. The van der Waals surface area contributed by atoms with Gasteiger partial charge in [0.1, 0.15) is 17.2 Å². The molecule has 0 bridgehead atoms. The number of nitrogens with two attached hydrogens (primary N) is 1. The Labute approximate surface area is 185 Å². The van der Waals surface area contributed by atoms with E-state index < -0.39 is 5.54 Å². The quantitative estimate of drug-likeness (QED) is 0.528. The highest BCUT2D eigenvalue weighted by Gasteiger charge is 2.46. The third-order valence-electron chi connectivity index (χ3n) is 6.03. The van der Waals surface area contributed by atoms with E-state index in [2.05, 4.69) is 22.1 Å². The van der Waals surface area contributed by atoms with Crippen molar-refractivity contribution in [2.75, 3.05) is 5.73 Å². The molecule has 0 amide bonds. The summed E-state index contributed by atoms with van der Waals surface area (Å²) >= 11 is 0. The molecular weight excluding hydrogens is 400 g/mol. The van der Waals surface area contributed by atoms with Gasteiger partial charge in [0.15, 0.2) is 0 Å². The fourth-order valence-electron chi connectivity index (χ4n) is 4.48. The van der Waals surface area contributed by atoms with Crippen molar-refractivity contribution in [1.82, 2.24) is 24.7 Å². The molecular formula is C24H20N8. The van der Waals surface area contributed by atoms with Gasteiger partial charge in [-0.15, -0.1) is 0 Å². The molecule has 1 saturated carbocycles. The number of hydrogen-bond donors (Lipinski definition) is 1. The summed E-state index contributed by atoms with van der Waals surface area (Å²) in [5.74, 6) is 0.395. The van der Waals surface area contributed by atoms with Crippen LogP contribution in [0.25, 0.3) is 33.5 Å². The van der Waals surface area contributed by atoms with Crippen LogP contribution < -0.4 is 5.73 Å². The lowest BCUT2D eigenvalue weighted by Crippen LogP contribution is -2.46. The smallest absolute Gasteiger partial charge is 0.124 e. The molecule has 0 aliphatic heterocycles. The zero-order chi connectivity index (χ0) is 22.3. The summed E-state index contributed by atoms with van der Waals surface area (Å²) in [5.41, 5.74) is 10.1. The van der Waals surface area contributed by atoms with Crippen molar-refractivity contribution < 1.29 is 0 Å². The minimum absolute atomic E-state index is 0.0390. The molecule has 1 fully saturated rings. The first kappa shape index (κ1) is 19.7. The van der Waals surface area contributed by atoms with E-state index in [1.807, 2.05) is 48.1 Å². The lowest BCUT2D eigenvalue weighted by molar-refractivity contribution is 0.0884. The average Bonchev–Trinajstić information content (AvgIpc) is 3.25. The number of aryl methyl sites for hydroxylation is 1. The largest absolute Gasteiger partial charge is 0.384 e. The highest BCUT2D eigenvalue weighted by Crippen LogP contribution is 2.46. The standard InChI is InChI=1S/C24H20N8/c1-15-9-17(10-22(27)29-15)20-11-21-18(3-2-7-28-21)23(30-20)19-4-8-32(31-19)24(5-6-25)12-16(13-24)14-26/h2-4,7-11,16H,5,12-13H2,1H3,(H2,27,29)/t16-,24-. The second-order valence-electron chi connectivity index (χ2n) is 8.29. The molecule has 8 heteroatoms. The summed E-state index contributed by atoms with van der Waals surface area (Å²) in [7, 11) is 0. The molecule has 32 heavy (non-hydrogen) atoms. The van der Waals surface area contributed by atoms with Gasteiger partial charge in [0.25, 0.3) is 0 Å². The van der Waals surface area contributed by atoms with Crippen LogP contribution in [0, 0.1) is 35.5 Å². The Kier molecular flexibility index (Phi) is 4.57. The second kappa shape index (κ2) is 7.44. The normalized spacial score (nSPS) is 19.8. The summed E-state index contributed by atoms with van der Waals surface area (Å²) < 4.78 is 1.84. The van der Waals surface area contributed by atoms with Crippen LogP contribution in [0.15, 0.2) is 48.8 Å². The molecule has 1 aliphatic rings. The molecule has 5 rings (SSSR count). The van der Waals surface area contributed by atoms with Crippen LogP contribution >= 0.6 is 0 Å². The van der Waals surface area contributed by atoms with E-state index in [9.17, 15) is 10.5 Å². The van der Waals surface area contributed by atoms with E-state index in [1.165, 1.54) is 0 Å². The molecule has 4 aromatic rings. The van der Waals surface area contributed by atoms with Gasteiger partial charge in [-0.1, -0.05) is 0 Å². The minimum atomic E-state index is -0.435. The SMILES string of the molecule is Cc1cc(-c2cc3ncccc3c(-c3ccn([C@]4(CC#N)C[C@@H](C#N)C4)n3)n2)cc(N)n1. The van der Waals surface area contributed by atoms with Gasteiger partial charge in [-0.3, -0.25) is 9.67 Å². The Bertz CT molecular complexity index is 1400. The van der Waals surface area contributed by atoms with Crippen LogP contribution in [-0.2, 0) is 5.54 Å². The first-order valence-electron chi connectivity index (χ1n) is 10.3. The van der Waals surface area contributed by atoms with Crippen LogP contribution in [-0.4, -0.2) is 24.7 Å². The number of nitriles is 2. The number of fused-ring (bicyclic) bond motifs is 1. The van der Waals surface area contributed by atoms with Crippen LogP contribution in [0.2, 0.25) is 0 Å². The highest BCUT2D eigenvalue weighted by atomic mass is 15.3. The van der Waals surface area contributed by atoms with Crippen molar-refractivity contribution in [2.24, 2.45) is 5.92 Å². The molecule has 2 N–H and O–H groups in total. The van der Waals surface area contributed by atoms with Gasteiger partial charge in [0.2, 0.25) is 0 Å². The van der Waals surface area contributed by atoms with E-state index in [-0.39, 0.29) is 5.92 Å². The van der Waals surface area contributed by atoms with Gasteiger partial charge < -0.3 is 5.73 Å². The predicted molar refractivity (Wildman–Crippen MR) is 120 cm³/mol. The van der Waals surface area contributed by atoms with E-state index >= 15 is 0 Å². The number of aromatic nitrogens is 5. The zero-order valence-electron chi connectivity index (χ0n) is 17.5. The molecule has 156 valence electrons. The fraction of sp³-hybridized carbons (Fsp3) is 0.250. The van der Waals surface area contributed by atoms with Gasteiger partial charge in [0, 0.05) is 29.0 Å². The van der Waals surface area contributed by atoms with Crippen LogP contribution in [0.4, 0.5) is 5.82 Å². The summed E-state index contributed by atoms with van der Waals surface area (Å²) in [6, 6.07) is 16.0. The molecule has 0 spiro atoms. The van der Waals surface area contributed by atoms with Gasteiger partial charge >= 0.3 is 0 Å². The lowest BCUT2D eigenvalue weighted by Gasteiger charge is -2.43. The van der Waals surface area contributed by atoms with Crippen molar-refractivity contribution in [3.63, 3.8) is 0 Å². The number of anilines is 1. The predicted octanol–water partition coefficient (Wildman–Crippen LogP) is 3.99. The minimum Gasteiger partial charge on any atom is -0.384 e. The van der Waals surface area contributed by atoms with Crippen molar-refractivity contribution in [2.45, 2.75) is 31.7 Å². The molecule has 0 atom stereocenters. The maximum absolute atomic E-state index is 9.35. The van der Waals surface area contributed by atoms with Gasteiger partial charge in [-0.2, -0.15) is 15.6 Å². The Morgan fingerprint density at radius 1 is 1.16 bits per heavy atom. The molecule has 0 radical (unpaired) electrons. The monoisotopic (exact) mass is 420 g/mol. The van der Waals surface area contributed by atoms with Gasteiger partial charge in [0.05, 0.1) is 41.2 Å². The number of nitrogen functional groups attached to an aromatic ring is 1. The van der Waals surface area contributed by atoms with E-state index in [4.69, 9.17) is 15.8 Å². The Balaban J connectivity index is 1.64. The van der Waals surface area contributed by atoms with E-state index in [1.54, 1.807) is 12.3 Å². The molecule has 0 unspecified atom stereocenters. The summed E-state index contributed by atoms with van der Waals surface area (Å²) in [6.45, 7) is 1.89. The summed E-state index contributed by atoms with van der Waals surface area (Å²) in [4.78, 5) is 13.7. The molecule has 8 nitrogen and oxygen atoms in total. The number of pyridine rings is 3. The Morgan fingerprint density at radius 2 is 2.00 bits per heavy atom. The number of nitrogens with zero attached hydrogens (tertiary/aromatic N) is 7. The lowest BCUT2D eigenvalue weighted by atomic mass is 9.67. The van der Waals surface area contributed by atoms with E-state index in [0.29, 0.717) is 36.5 Å². The first-order chi connectivity index (χ1) is 15.5. The highest BCUT2D eigenvalue weighted by molar-refractivity contribution is 5.93. The van der Waals surface area contributed by atoms with E-state index in [0.717, 1.165) is 27.9 Å². The number of rotatable bonds is 4. The molecule has 1 aliphatic carbocycles. The summed E-state index contributed by atoms with van der Waals surface area (Å²) in [5, 5.41) is 24.3. The van der Waals surface area contributed by atoms with Crippen molar-refractivity contribution in [1.29, 1.82) is 10.5 Å². The Hall–Kier alpha value is -4.30. The molecule has 4 heterocycles. The average molecular weight is 420 g/mol. The third-order valence-corrected chi connectivity index (χ3v) is 6.03. The van der Waals surface area contributed by atoms with Crippen LogP contribution in [0.3, 0.4) is 0 Å².